The van der Waals surface area contributed by atoms with Crippen LogP contribution in [0, 0.1) is 17.2 Å². The molecule has 1 aromatic carbocycles. The lowest BCUT2D eigenvalue weighted by Gasteiger charge is -2.30. The molecule has 0 saturated heterocycles. The van der Waals surface area contributed by atoms with Crippen molar-refractivity contribution in [3.63, 3.8) is 0 Å². The first-order valence-electron chi connectivity index (χ1n) is 6.98. The van der Waals surface area contributed by atoms with Crippen molar-refractivity contribution < 1.29 is 19.4 Å². The van der Waals surface area contributed by atoms with Crippen molar-refractivity contribution in [2.24, 2.45) is 10.9 Å². The molecular weight excluding hydrogens is 296 g/mol. The standard InChI is InChI=1S/C17H16N2O4/c1-9-13(16(20)21)15(12-7-5-4-6-11(12)8-18)14(10(2)19-9)17(22)23-3/h4-7,13,15H,1-3H3,(H,20,21). The van der Waals surface area contributed by atoms with Crippen LogP contribution in [-0.4, -0.2) is 29.9 Å². The Balaban J connectivity index is 2.76. The molecule has 1 aliphatic rings. The molecule has 6 heteroatoms. The van der Waals surface area contributed by atoms with Crippen molar-refractivity contribution in [3.05, 3.63) is 46.7 Å². The summed E-state index contributed by atoms with van der Waals surface area (Å²) in [6, 6.07) is 8.71. The van der Waals surface area contributed by atoms with E-state index in [0.29, 0.717) is 22.5 Å². The Labute approximate surface area is 133 Å². The third kappa shape index (κ3) is 2.86. The number of aliphatic carboxylic acids is 1. The zero-order valence-corrected chi connectivity index (χ0v) is 13.0. The average Bonchev–Trinajstić information content (AvgIpc) is 2.52. The number of ether oxygens (including phenoxy) is 1. The average molecular weight is 312 g/mol. The van der Waals surface area contributed by atoms with Crippen LogP contribution in [0.25, 0.3) is 0 Å². The van der Waals surface area contributed by atoms with Gasteiger partial charge in [0.15, 0.2) is 0 Å². The molecule has 0 spiro atoms. The summed E-state index contributed by atoms with van der Waals surface area (Å²) in [6.07, 6.45) is 0. The molecule has 0 fully saturated rings. The molecule has 0 aromatic heterocycles. The minimum absolute atomic E-state index is 0.174. The third-order valence-corrected chi connectivity index (χ3v) is 3.92. The van der Waals surface area contributed by atoms with Crippen LogP contribution in [0.3, 0.4) is 0 Å². The van der Waals surface area contributed by atoms with Crippen molar-refractivity contribution in [3.8, 4) is 6.07 Å². The zero-order chi connectivity index (χ0) is 17.1. The molecule has 0 radical (unpaired) electrons. The van der Waals surface area contributed by atoms with E-state index in [2.05, 4.69) is 11.1 Å². The number of nitriles is 1. The number of hydrogen-bond acceptors (Lipinski definition) is 5. The zero-order valence-electron chi connectivity index (χ0n) is 13.0. The van der Waals surface area contributed by atoms with Gasteiger partial charge in [0.1, 0.15) is 5.92 Å². The number of aliphatic imine (C=N–C) groups is 1. The number of methoxy groups -OCH3 is 1. The van der Waals surface area contributed by atoms with Crippen molar-refractivity contribution >= 4 is 17.7 Å². The smallest absolute Gasteiger partial charge is 0.336 e. The van der Waals surface area contributed by atoms with E-state index in [1.807, 2.05) is 0 Å². The lowest BCUT2D eigenvalue weighted by molar-refractivity contribution is -0.140. The Morgan fingerprint density at radius 3 is 2.52 bits per heavy atom. The van der Waals surface area contributed by atoms with E-state index in [1.165, 1.54) is 7.11 Å². The van der Waals surface area contributed by atoms with Crippen molar-refractivity contribution in [1.82, 2.24) is 0 Å². The summed E-state index contributed by atoms with van der Waals surface area (Å²) in [6.45, 7) is 3.24. The van der Waals surface area contributed by atoms with E-state index < -0.39 is 23.8 Å². The molecule has 1 N–H and O–H groups in total. The van der Waals surface area contributed by atoms with E-state index in [1.54, 1.807) is 38.1 Å². The minimum atomic E-state index is -1.10. The second-order valence-electron chi connectivity index (χ2n) is 5.24. The number of nitrogens with zero attached hydrogens (tertiary/aromatic N) is 2. The number of carboxylic acids is 1. The van der Waals surface area contributed by atoms with Crippen LogP contribution in [0.5, 0.6) is 0 Å². The quantitative estimate of drug-likeness (QED) is 0.863. The number of carboxylic acid groups (broad SMARTS) is 1. The summed E-state index contributed by atoms with van der Waals surface area (Å²) in [5.74, 6) is -3.57. The van der Waals surface area contributed by atoms with Gasteiger partial charge in [-0.25, -0.2) is 4.79 Å². The minimum Gasteiger partial charge on any atom is -0.481 e. The lowest BCUT2D eigenvalue weighted by atomic mass is 9.74. The first kappa shape index (κ1) is 16.4. The SMILES string of the molecule is COC(=O)C1=C(C)N=C(C)C(C(=O)O)C1c1ccccc1C#N. The predicted octanol–water partition coefficient (Wildman–Crippen LogP) is 2.26. The van der Waals surface area contributed by atoms with Gasteiger partial charge in [-0.1, -0.05) is 18.2 Å². The maximum Gasteiger partial charge on any atom is 0.336 e. The van der Waals surface area contributed by atoms with Gasteiger partial charge in [-0.15, -0.1) is 0 Å². The molecular formula is C17H16N2O4. The fourth-order valence-corrected chi connectivity index (χ4v) is 2.94. The molecule has 2 atom stereocenters. The molecule has 0 saturated carbocycles. The van der Waals surface area contributed by atoms with Gasteiger partial charge < -0.3 is 9.84 Å². The highest BCUT2D eigenvalue weighted by Gasteiger charge is 2.42. The Kier molecular flexibility index (Phi) is 4.60. The van der Waals surface area contributed by atoms with Crippen LogP contribution in [0.1, 0.15) is 30.9 Å². The molecule has 0 amide bonds. The number of carbonyl (C=O) groups is 2. The summed E-state index contributed by atoms with van der Waals surface area (Å²) >= 11 is 0. The van der Waals surface area contributed by atoms with Crippen molar-refractivity contribution in [1.29, 1.82) is 5.26 Å². The van der Waals surface area contributed by atoms with Gasteiger partial charge in [0.05, 0.1) is 24.3 Å². The van der Waals surface area contributed by atoms with Crippen LogP contribution in [0.4, 0.5) is 0 Å². The van der Waals surface area contributed by atoms with Crippen LogP contribution in [0.15, 0.2) is 40.5 Å². The van der Waals surface area contributed by atoms with E-state index in [4.69, 9.17) is 4.74 Å². The summed E-state index contributed by atoms with van der Waals surface area (Å²) in [7, 11) is 1.23. The topological polar surface area (TPSA) is 99.8 Å². The van der Waals surface area contributed by atoms with Crippen LogP contribution < -0.4 is 0 Å². The molecule has 118 valence electrons. The summed E-state index contributed by atoms with van der Waals surface area (Å²) in [4.78, 5) is 28.2. The number of esters is 1. The summed E-state index contributed by atoms with van der Waals surface area (Å²) in [5.41, 5.74) is 1.78. The van der Waals surface area contributed by atoms with Crippen molar-refractivity contribution in [2.45, 2.75) is 19.8 Å². The highest BCUT2D eigenvalue weighted by Crippen LogP contribution is 2.40. The molecule has 2 rings (SSSR count). The normalized spacial score (nSPS) is 20.5. The van der Waals surface area contributed by atoms with Gasteiger partial charge in [-0.2, -0.15) is 5.26 Å². The molecule has 23 heavy (non-hydrogen) atoms. The second-order valence-corrected chi connectivity index (χ2v) is 5.24. The molecule has 0 aliphatic carbocycles. The molecule has 0 bridgehead atoms. The van der Waals surface area contributed by atoms with E-state index in [0.717, 1.165) is 0 Å². The second kappa shape index (κ2) is 6.44. The van der Waals surface area contributed by atoms with Gasteiger partial charge in [-0.3, -0.25) is 9.79 Å². The van der Waals surface area contributed by atoms with Crippen LogP contribution in [-0.2, 0) is 14.3 Å². The molecule has 1 heterocycles. The Morgan fingerprint density at radius 2 is 1.96 bits per heavy atom. The van der Waals surface area contributed by atoms with Gasteiger partial charge in [0.2, 0.25) is 0 Å². The van der Waals surface area contributed by atoms with E-state index in [-0.39, 0.29) is 5.57 Å². The lowest BCUT2D eigenvalue weighted by Crippen LogP contribution is -2.35. The fraction of sp³-hybridized carbons (Fsp3) is 0.294. The number of allylic oxidation sites excluding steroid dienone is 1. The number of benzene rings is 1. The van der Waals surface area contributed by atoms with Crippen LogP contribution >= 0.6 is 0 Å². The fourth-order valence-electron chi connectivity index (χ4n) is 2.94. The third-order valence-electron chi connectivity index (χ3n) is 3.92. The van der Waals surface area contributed by atoms with Crippen molar-refractivity contribution in [2.75, 3.05) is 7.11 Å². The molecule has 1 aliphatic heterocycles. The highest BCUT2D eigenvalue weighted by atomic mass is 16.5. The molecule has 2 unspecified atom stereocenters. The summed E-state index contributed by atoms with van der Waals surface area (Å²) in [5, 5.41) is 19.0. The van der Waals surface area contributed by atoms with Gasteiger partial charge in [0, 0.05) is 17.3 Å². The first-order chi connectivity index (χ1) is 10.9. The maximum atomic E-state index is 12.2. The monoisotopic (exact) mass is 312 g/mol. The predicted molar refractivity (Wildman–Crippen MR) is 82.8 cm³/mol. The molecule has 1 aromatic rings. The number of hydrogen-bond donors (Lipinski definition) is 1. The van der Waals surface area contributed by atoms with Gasteiger partial charge in [-0.05, 0) is 25.5 Å². The number of rotatable bonds is 3. The van der Waals surface area contributed by atoms with E-state index in [9.17, 15) is 20.0 Å². The molecule has 6 nitrogen and oxygen atoms in total. The Hall–Kier alpha value is -2.94. The first-order valence-corrected chi connectivity index (χ1v) is 6.98. The van der Waals surface area contributed by atoms with E-state index >= 15 is 0 Å². The number of carbonyl (C=O) groups excluding carboxylic acids is 1. The van der Waals surface area contributed by atoms with Gasteiger partial charge >= 0.3 is 11.9 Å². The van der Waals surface area contributed by atoms with Gasteiger partial charge in [0.25, 0.3) is 0 Å². The maximum absolute atomic E-state index is 12.2. The van der Waals surface area contributed by atoms with Crippen LogP contribution in [0.2, 0.25) is 0 Å². The highest BCUT2D eigenvalue weighted by molar-refractivity contribution is 6.06. The summed E-state index contributed by atoms with van der Waals surface area (Å²) < 4.78 is 4.81. The Bertz CT molecular complexity index is 771. The Morgan fingerprint density at radius 1 is 1.30 bits per heavy atom. The largest absolute Gasteiger partial charge is 0.481 e.